The molecule has 94 valence electrons. The zero-order valence-electron chi connectivity index (χ0n) is 9.82. The Labute approximate surface area is 105 Å². The summed E-state index contributed by atoms with van der Waals surface area (Å²) in [7, 11) is 0. The van der Waals surface area contributed by atoms with Crippen LogP contribution < -0.4 is 16.8 Å². The number of halogens is 2. The van der Waals surface area contributed by atoms with Crippen LogP contribution in [0.2, 0.25) is 5.02 Å². The third-order valence-electron chi connectivity index (χ3n) is 3.64. The Hall–Kier alpha value is -1.16. The Morgan fingerprint density at radius 1 is 1.41 bits per heavy atom. The SMILES string of the molecule is CCC1(Nc2c(N)cc(N)c(Cl)c2F)CCC1. The lowest BCUT2D eigenvalue weighted by Gasteiger charge is -2.43. The molecule has 0 bridgehead atoms. The Bertz CT molecular complexity index is 438. The molecule has 0 aliphatic heterocycles. The normalized spacial score (nSPS) is 17.6. The van der Waals surface area contributed by atoms with Crippen LogP contribution in [-0.2, 0) is 0 Å². The van der Waals surface area contributed by atoms with E-state index in [1.54, 1.807) is 0 Å². The van der Waals surface area contributed by atoms with Crippen molar-refractivity contribution < 1.29 is 4.39 Å². The first-order valence-electron chi connectivity index (χ1n) is 5.80. The van der Waals surface area contributed by atoms with E-state index >= 15 is 0 Å². The second-order valence-corrected chi connectivity index (χ2v) is 5.05. The number of nitrogens with one attached hydrogen (secondary N) is 1. The predicted octanol–water partition coefficient (Wildman–Crippen LogP) is 3.39. The van der Waals surface area contributed by atoms with Crippen molar-refractivity contribution in [2.24, 2.45) is 0 Å². The molecule has 0 spiro atoms. The first-order valence-corrected chi connectivity index (χ1v) is 6.18. The van der Waals surface area contributed by atoms with Gasteiger partial charge >= 0.3 is 0 Å². The molecule has 17 heavy (non-hydrogen) atoms. The Morgan fingerprint density at radius 2 is 2.06 bits per heavy atom. The fourth-order valence-electron chi connectivity index (χ4n) is 2.23. The van der Waals surface area contributed by atoms with Crippen LogP contribution in [0.5, 0.6) is 0 Å². The minimum absolute atomic E-state index is 0.0333. The van der Waals surface area contributed by atoms with Crippen molar-refractivity contribution in [3.8, 4) is 0 Å². The molecule has 3 nitrogen and oxygen atoms in total. The molecule has 0 aromatic heterocycles. The molecule has 0 atom stereocenters. The van der Waals surface area contributed by atoms with Crippen molar-refractivity contribution in [1.29, 1.82) is 0 Å². The lowest BCUT2D eigenvalue weighted by Crippen LogP contribution is -2.44. The minimum atomic E-state index is -0.552. The van der Waals surface area contributed by atoms with Crippen LogP contribution in [0.3, 0.4) is 0 Å². The van der Waals surface area contributed by atoms with Gasteiger partial charge in [0.15, 0.2) is 5.82 Å². The highest BCUT2D eigenvalue weighted by atomic mass is 35.5. The van der Waals surface area contributed by atoms with Crippen LogP contribution >= 0.6 is 11.6 Å². The van der Waals surface area contributed by atoms with Crippen LogP contribution in [-0.4, -0.2) is 5.54 Å². The van der Waals surface area contributed by atoms with E-state index in [1.165, 1.54) is 6.07 Å². The Balaban J connectivity index is 2.36. The van der Waals surface area contributed by atoms with Gasteiger partial charge in [0, 0.05) is 5.54 Å². The van der Waals surface area contributed by atoms with Crippen LogP contribution in [0.4, 0.5) is 21.5 Å². The molecule has 1 aromatic carbocycles. The zero-order valence-corrected chi connectivity index (χ0v) is 10.6. The van der Waals surface area contributed by atoms with Gasteiger partial charge in [0.1, 0.15) is 5.02 Å². The number of hydrogen-bond acceptors (Lipinski definition) is 3. The summed E-state index contributed by atoms with van der Waals surface area (Å²) in [6.45, 7) is 2.08. The topological polar surface area (TPSA) is 64.1 Å². The maximum Gasteiger partial charge on any atom is 0.169 e. The number of benzene rings is 1. The molecule has 0 radical (unpaired) electrons. The Kier molecular flexibility index (Phi) is 3.08. The molecular weight excluding hydrogens is 241 g/mol. The number of nitrogens with two attached hydrogens (primary N) is 2. The van der Waals surface area contributed by atoms with Gasteiger partial charge < -0.3 is 16.8 Å². The molecule has 1 aliphatic rings. The molecule has 0 unspecified atom stereocenters. The van der Waals surface area contributed by atoms with Crippen molar-refractivity contribution in [2.75, 3.05) is 16.8 Å². The summed E-state index contributed by atoms with van der Waals surface area (Å²) in [5, 5.41) is 3.14. The molecule has 1 aromatic rings. The van der Waals surface area contributed by atoms with Crippen LogP contribution in [0.25, 0.3) is 0 Å². The molecule has 2 rings (SSSR count). The van der Waals surface area contributed by atoms with E-state index in [2.05, 4.69) is 12.2 Å². The van der Waals surface area contributed by atoms with Crippen LogP contribution in [0.15, 0.2) is 6.07 Å². The van der Waals surface area contributed by atoms with Crippen molar-refractivity contribution in [1.82, 2.24) is 0 Å². The van der Waals surface area contributed by atoms with Gasteiger partial charge in [-0.3, -0.25) is 0 Å². The van der Waals surface area contributed by atoms with Crippen molar-refractivity contribution in [3.05, 3.63) is 16.9 Å². The monoisotopic (exact) mass is 257 g/mol. The molecular formula is C12H17ClFN3. The van der Waals surface area contributed by atoms with Crippen molar-refractivity contribution in [3.63, 3.8) is 0 Å². The van der Waals surface area contributed by atoms with Gasteiger partial charge in [0.25, 0.3) is 0 Å². The Morgan fingerprint density at radius 3 is 2.53 bits per heavy atom. The summed E-state index contributed by atoms with van der Waals surface area (Å²) in [4.78, 5) is 0. The maximum atomic E-state index is 14.0. The maximum absolute atomic E-state index is 14.0. The van der Waals surface area contributed by atoms with Crippen molar-refractivity contribution in [2.45, 2.75) is 38.1 Å². The van der Waals surface area contributed by atoms with Crippen molar-refractivity contribution >= 4 is 28.7 Å². The average molecular weight is 258 g/mol. The number of nitrogen functional groups attached to an aromatic ring is 2. The summed E-state index contributed by atoms with van der Waals surface area (Å²) in [6, 6.07) is 1.50. The molecule has 1 saturated carbocycles. The van der Waals surface area contributed by atoms with Crippen LogP contribution in [0, 0.1) is 5.82 Å². The lowest BCUT2D eigenvalue weighted by atomic mass is 9.74. The smallest absolute Gasteiger partial charge is 0.169 e. The largest absolute Gasteiger partial charge is 0.397 e. The van der Waals surface area contributed by atoms with Gasteiger partial charge in [-0.15, -0.1) is 0 Å². The molecule has 0 saturated heterocycles. The quantitative estimate of drug-likeness (QED) is 0.728. The van der Waals surface area contributed by atoms with Gasteiger partial charge in [-0.25, -0.2) is 4.39 Å². The van der Waals surface area contributed by atoms with E-state index in [0.717, 1.165) is 25.7 Å². The average Bonchev–Trinajstić information content (AvgIpc) is 2.24. The highest BCUT2D eigenvalue weighted by Crippen LogP contribution is 2.42. The number of hydrogen-bond donors (Lipinski definition) is 3. The summed E-state index contributed by atoms with van der Waals surface area (Å²) >= 11 is 5.79. The lowest BCUT2D eigenvalue weighted by molar-refractivity contribution is 0.269. The summed E-state index contributed by atoms with van der Waals surface area (Å²) < 4.78 is 14.0. The molecule has 0 heterocycles. The predicted molar refractivity (Wildman–Crippen MR) is 70.7 cm³/mol. The molecule has 5 heteroatoms. The second-order valence-electron chi connectivity index (χ2n) is 4.67. The van der Waals surface area contributed by atoms with E-state index in [1.807, 2.05) is 0 Å². The summed E-state index contributed by atoms with van der Waals surface area (Å²) in [5.74, 6) is -0.552. The standard InChI is InChI=1S/C12H17ClFN3/c1-2-12(4-3-5-12)17-11-8(16)6-7(15)9(13)10(11)14/h6,17H,2-5,15-16H2,1H3. The third-order valence-corrected chi connectivity index (χ3v) is 4.03. The third kappa shape index (κ3) is 2.02. The number of anilines is 3. The molecule has 0 amide bonds. The summed E-state index contributed by atoms with van der Waals surface area (Å²) in [5.41, 5.74) is 12.1. The molecule has 1 aliphatic carbocycles. The van der Waals surface area contributed by atoms with Gasteiger partial charge in [-0.2, -0.15) is 0 Å². The second kappa shape index (κ2) is 4.26. The fourth-order valence-corrected chi connectivity index (χ4v) is 2.38. The van der Waals surface area contributed by atoms with E-state index in [0.29, 0.717) is 5.69 Å². The van der Waals surface area contributed by atoms with E-state index in [-0.39, 0.29) is 21.9 Å². The van der Waals surface area contributed by atoms with Gasteiger partial charge in [-0.05, 0) is 31.7 Å². The van der Waals surface area contributed by atoms with E-state index in [4.69, 9.17) is 23.1 Å². The van der Waals surface area contributed by atoms with Gasteiger partial charge in [0.05, 0.1) is 17.1 Å². The molecule has 1 fully saturated rings. The first kappa shape index (κ1) is 12.3. The highest BCUT2D eigenvalue weighted by molar-refractivity contribution is 6.33. The minimum Gasteiger partial charge on any atom is -0.397 e. The first-order chi connectivity index (χ1) is 7.99. The van der Waals surface area contributed by atoms with Gasteiger partial charge in [-0.1, -0.05) is 18.5 Å². The van der Waals surface area contributed by atoms with E-state index in [9.17, 15) is 4.39 Å². The van der Waals surface area contributed by atoms with E-state index < -0.39 is 5.82 Å². The summed E-state index contributed by atoms with van der Waals surface area (Å²) in [6.07, 6.45) is 4.16. The van der Waals surface area contributed by atoms with Crippen LogP contribution in [0.1, 0.15) is 32.6 Å². The highest BCUT2D eigenvalue weighted by Gasteiger charge is 2.36. The molecule has 5 N–H and O–H groups in total. The zero-order chi connectivity index (χ0) is 12.6. The number of rotatable bonds is 3. The van der Waals surface area contributed by atoms with Gasteiger partial charge in [0.2, 0.25) is 0 Å². The fraction of sp³-hybridized carbons (Fsp3) is 0.500.